The lowest BCUT2D eigenvalue weighted by Crippen LogP contribution is -2.44. The highest BCUT2D eigenvalue weighted by Crippen LogP contribution is 2.32. The van der Waals surface area contributed by atoms with Crippen LogP contribution in [0.3, 0.4) is 0 Å². The number of para-hydroxylation sites is 1. The number of rotatable bonds is 4. The molecule has 0 radical (unpaired) electrons. The van der Waals surface area contributed by atoms with Crippen LogP contribution in [0.5, 0.6) is 0 Å². The van der Waals surface area contributed by atoms with Gasteiger partial charge >= 0.3 is 0 Å². The van der Waals surface area contributed by atoms with Gasteiger partial charge in [-0.15, -0.1) is 0 Å². The molecule has 2 aromatic rings. The van der Waals surface area contributed by atoms with Gasteiger partial charge in [-0.25, -0.2) is 0 Å². The van der Waals surface area contributed by atoms with E-state index in [0.29, 0.717) is 5.56 Å². The normalized spacial score (nSPS) is 16.9. The van der Waals surface area contributed by atoms with Crippen molar-refractivity contribution >= 4 is 23.2 Å². The Morgan fingerprint density at radius 1 is 1.12 bits per heavy atom. The molecular weight excluding hydrogens is 314 g/mol. The van der Waals surface area contributed by atoms with Crippen LogP contribution in [0.4, 0.5) is 11.4 Å². The second-order valence-corrected chi connectivity index (χ2v) is 6.41. The van der Waals surface area contributed by atoms with Crippen LogP contribution in [0.1, 0.15) is 29.8 Å². The van der Waals surface area contributed by atoms with Crippen LogP contribution in [0.25, 0.3) is 0 Å². The first-order chi connectivity index (χ1) is 12.0. The van der Waals surface area contributed by atoms with E-state index in [-0.39, 0.29) is 23.9 Å². The largest absolute Gasteiger partial charge is 0.374 e. The van der Waals surface area contributed by atoms with Crippen molar-refractivity contribution in [2.45, 2.75) is 32.4 Å². The Hall–Kier alpha value is -2.82. The van der Waals surface area contributed by atoms with Gasteiger partial charge < -0.3 is 15.5 Å². The predicted octanol–water partition coefficient (Wildman–Crippen LogP) is 2.82. The zero-order chi connectivity index (χ0) is 18.0. The molecule has 3 rings (SSSR count). The zero-order valence-corrected chi connectivity index (χ0v) is 14.7. The van der Waals surface area contributed by atoms with Gasteiger partial charge in [0.25, 0.3) is 5.91 Å². The van der Waals surface area contributed by atoms with Crippen molar-refractivity contribution in [3.8, 4) is 0 Å². The molecule has 130 valence electrons. The highest BCUT2D eigenvalue weighted by molar-refractivity contribution is 6.01. The lowest BCUT2D eigenvalue weighted by Gasteiger charge is -2.27. The summed E-state index contributed by atoms with van der Waals surface area (Å²) in [5, 5.41) is 5.82. The first-order valence-electron chi connectivity index (χ1n) is 8.51. The van der Waals surface area contributed by atoms with Crippen molar-refractivity contribution in [2.24, 2.45) is 0 Å². The summed E-state index contributed by atoms with van der Waals surface area (Å²) >= 11 is 0. The van der Waals surface area contributed by atoms with E-state index in [4.69, 9.17) is 0 Å². The molecule has 0 unspecified atom stereocenters. The Morgan fingerprint density at radius 3 is 2.48 bits per heavy atom. The van der Waals surface area contributed by atoms with Crippen molar-refractivity contribution in [3.63, 3.8) is 0 Å². The molecule has 0 saturated carbocycles. The summed E-state index contributed by atoms with van der Waals surface area (Å²) in [6.07, 6.45) is 0.884. The van der Waals surface area contributed by atoms with Crippen LogP contribution in [0.2, 0.25) is 0 Å². The van der Waals surface area contributed by atoms with E-state index in [0.717, 1.165) is 17.8 Å². The summed E-state index contributed by atoms with van der Waals surface area (Å²) in [6, 6.07) is 15.0. The quantitative estimate of drug-likeness (QED) is 0.902. The number of carbonyl (C=O) groups excluding carboxylic acids is 2. The third kappa shape index (κ3) is 3.36. The number of amides is 2. The van der Waals surface area contributed by atoms with Gasteiger partial charge in [0, 0.05) is 30.0 Å². The van der Waals surface area contributed by atoms with Crippen LogP contribution >= 0.6 is 0 Å². The third-order valence-electron chi connectivity index (χ3n) is 4.57. The van der Waals surface area contributed by atoms with Crippen molar-refractivity contribution in [1.82, 2.24) is 5.32 Å². The lowest BCUT2D eigenvalue weighted by atomic mass is 10.1. The van der Waals surface area contributed by atoms with Crippen LogP contribution in [0.15, 0.2) is 48.5 Å². The van der Waals surface area contributed by atoms with Crippen LogP contribution in [-0.2, 0) is 11.2 Å². The standard InChI is InChI=1S/C20H23N3O2/c1-13-12-16-6-4-5-7-18(16)23(13)20(25)14(2)22-17-10-8-15(9-11-17)19(24)21-3/h4-11,13-14,22H,12H2,1-3H3,(H,21,24)/t13-,14-/m1/s1. The smallest absolute Gasteiger partial charge is 0.251 e. The van der Waals surface area contributed by atoms with E-state index in [1.54, 1.807) is 19.2 Å². The maximum Gasteiger partial charge on any atom is 0.251 e. The van der Waals surface area contributed by atoms with Crippen LogP contribution < -0.4 is 15.5 Å². The van der Waals surface area contributed by atoms with Gasteiger partial charge in [0.1, 0.15) is 6.04 Å². The van der Waals surface area contributed by atoms with Gasteiger partial charge in [-0.2, -0.15) is 0 Å². The van der Waals surface area contributed by atoms with Crippen LogP contribution in [-0.4, -0.2) is 30.9 Å². The highest BCUT2D eigenvalue weighted by atomic mass is 16.2. The van der Waals surface area contributed by atoms with Crippen molar-refractivity contribution < 1.29 is 9.59 Å². The number of carbonyl (C=O) groups is 2. The number of nitrogens with one attached hydrogen (secondary N) is 2. The topological polar surface area (TPSA) is 61.4 Å². The summed E-state index contributed by atoms with van der Waals surface area (Å²) in [6.45, 7) is 3.94. The molecule has 5 nitrogen and oxygen atoms in total. The monoisotopic (exact) mass is 337 g/mol. The first kappa shape index (κ1) is 17.0. The Morgan fingerprint density at radius 2 is 1.80 bits per heavy atom. The fourth-order valence-electron chi connectivity index (χ4n) is 3.28. The van der Waals surface area contributed by atoms with Gasteiger partial charge in [0.05, 0.1) is 0 Å². The summed E-state index contributed by atoms with van der Waals surface area (Å²) < 4.78 is 0. The van der Waals surface area contributed by atoms with E-state index in [1.807, 2.05) is 42.2 Å². The van der Waals surface area contributed by atoms with E-state index < -0.39 is 0 Å². The Bertz CT molecular complexity index is 786. The number of anilines is 2. The van der Waals surface area contributed by atoms with Gasteiger partial charge in [0.15, 0.2) is 0 Å². The fraction of sp³-hybridized carbons (Fsp3) is 0.300. The molecule has 0 fully saturated rings. The van der Waals surface area contributed by atoms with Gasteiger partial charge in [-0.05, 0) is 56.2 Å². The molecular formula is C20H23N3O2. The first-order valence-corrected chi connectivity index (χ1v) is 8.51. The number of nitrogens with zero attached hydrogens (tertiary/aromatic N) is 1. The minimum atomic E-state index is -0.362. The Kier molecular flexibility index (Phi) is 4.74. The van der Waals surface area contributed by atoms with E-state index in [9.17, 15) is 9.59 Å². The molecule has 0 saturated heterocycles. The Balaban J connectivity index is 1.72. The van der Waals surface area contributed by atoms with Crippen molar-refractivity contribution in [1.29, 1.82) is 0 Å². The van der Waals surface area contributed by atoms with E-state index in [2.05, 4.69) is 23.6 Å². The molecule has 1 aliphatic rings. The lowest BCUT2D eigenvalue weighted by molar-refractivity contribution is -0.119. The molecule has 2 aromatic carbocycles. The molecule has 0 spiro atoms. The van der Waals surface area contributed by atoms with Crippen LogP contribution in [0, 0.1) is 0 Å². The average Bonchev–Trinajstić information content (AvgIpc) is 2.96. The summed E-state index contributed by atoms with van der Waals surface area (Å²) in [5.74, 6) is -0.0778. The summed E-state index contributed by atoms with van der Waals surface area (Å²) in [7, 11) is 1.60. The minimum absolute atomic E-state index is 0.0489. The molecule has 2 N–H and O–H groups in total. The molecule has 0 aliphatic carbocycles. The average molecular weight is 337 g/mol. The second-order valence-electron chi connectivity index (χ2n) is 6.41. The van der Waals surface area contributed by atoms with Gasteiger partial charge in [-0.1, -0.05) is 18.2 Å². The minimum Gasteiger partial charge on any atom is -0.374 e. The third-order valence-corrected chi connectivity index (χ3v) is 4.57. The highest BCUT2D eigenvalue weighted by Gasteiger charge is 2.32. The van der Waals surface area contributed by atoms with Crippen molar-refractivity contribution in [2.75, 3.05) is 17.3 Å². The summed E-state index contributed by atoms with van der Waals surface area (Å²) in [5.41, 5.74) is 3.62. The second kappa shape index (κ2) is 6.97. The molecule has 5 heteroatoms. The molecule has 1 aliphatic heterocycles. The van der Waals surface area contributed by atoms with Gasteiger partial charge in [-0.3, -0.25) is 9.59 Å². The van der Waals surface area contributed by atoms with E-state index in [1.165, 1.54) is 5.56 Å². The molecule has 0 aromatic heterocycles. The maximum atomic E-state index is 12.9. The molecule has 1 heterocycles. The molecule has 25 heavy (non-hydrogen) atoms. The molecule has 2 amide bonds. The zero-order valence-electron chi connectivity index (χ0n) is 14.7. The Labute approximate surface area is 148 Å². The maximum absolute atomic E-state index is 12.9. The van der Waals surface area contributed by atoms with Crippen molar-refractivity contribution in [3.05, 3.63) is 59.7 Å². The number of fused-ring (bicyclic) bond motifs is 1. The SMILES string of the molecule is CNC(=O)c1ccc(N[C@H](C)C(=O)N2c3ccccc3C[C@H]2C)cc1. The number of benzene rings is 2. The predicted molar refractivity (Wildman–Crippen MR) is 100 cm³/mol. The fourth-order valence-corrected chi connectivity index (χ4v) is 3.28. The number of hydrogen-bond acceptors (Lipinski definition) is 3. The molecule has 0 bridgehead atoms. The van der Waals surface area contributed by atoms with E-state index >= 15 is 0 Å². The van der Waals surface area contributed by atoms with Gasteiger partial charge in [0.2, 0.25) is 5.91 Å². The number of hydrogen-bond donors (Lipinski definition) is 2. The summed E-state index contributed by atoms with van der Waals surface area (Å²) in [4.78, 5) is 26.4. The molecule has 2 atom stereocenters.